The lowest BCUT2D eigenvalue weighted by Crippen LogP contribution is -2.18. The lowest BCUT2D eigenvalue weighted by molar-refractivity contribution is 0.554. The molecule has 1 aromatic rings. The third-order valence-corrected chi connectivity index (χ3v) is 3.70. The predicted octanol–water partition coefficient (Wildman–Crippen LogP) is 3.32. The number of nitrogens with one attached hydrogen (secondary N) is 1. The normalized spacial score (nSPS) is 11.7. The fourth-order valence-electron chi connectivity index (χ4n) is 1.34. The second kappa shape index (κ2) is 5.61. The van der Waals surface area contributed by atoms with Crippen molar-refractivity contribution in [1.82, 2.24) is 10.3 Å². The van der Waals surface area contributed by atoms with Gasteiger partial charge in [0.2, 0.25) is 0 Å². The second-order valence-electron chi connectivity index (χ2n) is 4.74. The maximum atomic E-state index is 4.59. The van der Waals surface area contributed by atoms with E-state index in [1.165, 1.54) is 15.6 Å². The largest absolute Gasteiger partial charge is 0.312 e. The summed E-state index contributed by atoms with van der Waals surface area (Å²) in [5.41, 5.74) is 1.19. The molecule has 1 heterocycles. The molecule has 15 heavy (non-hydrogen) atoms. The predicted molar refractivity (Wildman–Crippen MR) is 67.5 cm³/mol. The van der Waals surface area contributed by atoms with E-state index in [0.717, 1.165) is 13.1 Å². The van der Waals surface area contributed by atoms with Gasteiger partial charge in [-0.05, 0) is 19.4 Å². The number of aryl methyl sites for hydroxylation is 1. The van der Waals surface area contributed by atoms with Gasteiger partial charge < -0.3 is 5.32 Å². The summed E-state index contributed by atoms with van der Waals surface area (Å²) in [4.78, 5) is 5.97. The highest BCUT2D eigenvalue weighted by Crippen LogP contribution is 2.24. The molecule has 1 aromatic heterocycles. The summed E-state index contributed by atoms with van der Waals surface area (Å²) in [5, 5.41) is 4.72. The molecule has 0 aliphatic carbocycles. The monoisotopic (exact) mass is 226 g/mol. The van der Waals surface area contributed by atoms with Crippen LogP contribution in [0, 0.1) is 12.8 Å². The third kappa shape index (κ3) is 3.92. The summed E-state index contributed by atoms with van der Waals surface area (Å²) in [6, 6.07) is 0. The molecule has 86 valence electrons. The van der Waals surface area contributed by atoms with Crippen LogP contribution in [-0.4, -0.2) is 11.5 Å². The molecule has 0 fully saturated rings. The molecule has 0 bridgehead atoms. The van der Waals surface area contributed by atoms with E-state index < -0.39 is 0 Å². The fourth-order valence-corrected chi connectivity index (χ4v) is 2.37. The molecule has 0 spiro atoms. The van der Waals surface area contributed by atoms with E-state index in [1.807, 2.05) is 11.3 Å². The van der Waals surface area contributed by atoms with Crippen molar-refractivity contribution in [2.75, 3.05) is 6.54 Å². The van der Waals surface area contributed by atoms with E-state index >= 15 is 0 Å². The van der Waals surface area contributed by atoms with E-state index in [0.29, 0.717) is 11.8 Å². The minimum atomic E-state index is 0.549. The lowest BCUT2D eigenvalue weighted by Gasteiger charge is -2.05. The second-order valence-corrected chi connectivity index (χ2v) is 5.86. The molecule has 0 amide bonds. The first-order valence-corrected chi connectivity index (χ1v) is 6.49. The van der Waals surface area contributed by atoms with Crippen LogP contribution in [0.1, 0.15) is 49.2 Å². The Hall–Kier alpha value is -0.410. The molecule has 0 aliphatic rings. The molecule has 0 saturated heterocycles. The highest BCUT2D eigenvalue weighted by atomic mass is 32.1. The standard InChI is InChI=1S/C12H22N2S/c1-8(2)6-13-7-11-10(5)14-12(15-11)9(3)4/h8-9,13H,6-7H2,1-5H3. The summed E-state index contributed by atoms with van der Waals surface area (Å²) in [7, 11) is 0. The van der Waals surface area contributed by atoms with Gasteiger partial charge in [-0.25, -0.2) is 4.98 Å². The zero-order valence-corrected chi connectivity index (χ0v) is 11.2. The molecule has 1 rings (SSSR count). The van der Waals surface area contributed by atoms with Gasteiger partial charge in [0.05, 0.1) is 10.7 Å². The van der Waals surface area contributed by atoms with Gasteiger partial charge in [0.25, 0.3) is 0 Å². The Morgan fingerprint density at radius 3 is 2.40 bits per heavy atom. The van der Waals surface area contributed by atoms with Crippen molar-refractivity contribution in [2.45, 2.75) is 47.1 Å². The molecule has 0 atom stereocenters. The highest BCUT2D eigenvalue weighted by Gasteiger charge is 2.09. The summed E-state index contributed by atoms with van der Waals surface area (Å²) < 4.78 is 0. The molecule has 3 heteroatoms. The van der Waals surface area contributed by atoms with Crippen LogP contribution >= 0.6 is 11.3 Å². The van der Waals surface area contributed by atoms with Crippen molar-refractivity contribution >= 4 is 11.3 Å². The maximum Gasteiger partial charge on any atom is 0.0956 e. The summed E-state index contributed by atoms with van der Waals surface area (Å²) in [6.45, 7) is 13.0. The molecular weight excluding hydrogens is 204 g/mol. The maximum absolute atomic E-state index is 4.59. The molecule has 2 nitrogen and oxygen atoms in total. The van der Waals surface area contributed by atoms with Crippen LogP contribution in [0.4, 0.5) is 0 Å². The Bertz CT molecular complexity index is 303. The molecule has 0 radical (unpaired) electrons. The quantitative estimate of drug-likeness (QED) is 0.833. The number of rotatable bonds is 5. The van der Waals surface area contributed by atoms with Gasteiger partial charge in [-0.3, -0.25) is 0 Å². The van der Waals surface area contributed by atoms with Crippen LogP contribution < -0.4 is 5.32 Å². The third-order valence-electron chi connectivity index (χ3n) is 2.24. The SMILES string of the molecule is Cc1nc(C(C)C)sc1CNCC(C)C. The molecule has 0 aliphatic heterocycles. The van der Waals surface area contributed by atoms with Crippen LogP contribution in [-0.2, 0) is 6.54 Å². The van der Waals surface area contributed by atoms with Crippen molar-refractivity contribution in [3.05, 3.63) is 15.6 Å². The Morgan fingerprint density at radius 1 is 1.27 bits per heavy atom. The zero-order chi connectivity index (χ0) is 11.4. The van der Waals surface area contributed by atoms with Crippen molar-refractivity contribution in [3.8, 4) is 0 Å². The number of hydrogen-bond acceptors (Lipinski definition) is 3. The van der Waals surface area contributed by atoms with E-state index in [2.05, 4.69) is 44.9 Å². The molecular formula is C12H22N2S. The summed E-state index contributed by atoms with van der Waals surface area (Å²) in [6.07, 6.45) is 0. The smallest absolute Gasteiger partial charge is 0.0956 e. The first kappa shape index (κ1) is 12.7. The number of hydrogen-bond donors (Lipinski definition) is 1. The van der Waals surface area contributed by atoms with Gasteiger partial charge in [0.15, 0.2) is 0 Å². The Balaban J connectivity index is 2.53. The van der Waals surface area contributed by atoms with Gasteiger partial charge >= 0.3 is 0 Å². The van der Waals surface area contributed by atoms with E-state index in [4.69, 9.17) is 0 Å². The summed E-state index contributed by atoms with van der Waals surface area (Å²) >= 11 is 1.85. The van der Waals surface area contributed by atoms with Gasteiger partial charge in [-0.1, -0.05) is 27.7 Å². The van der Waals surface area contributed by atoms with Crippen LogP contribution in [0.3, 0.4) is 0 Å². The zero-order valence-electron chi connectivity index (χ0n) is 10.4. The summed E-state index contributed by atoms with van der Waals surface area (Å²) in [5.74, 6) is 1.26. The lowest BCUT2D eigenvalue weighted by atomic mass is 10.2. The van der Waals surface area contributed by atoms with Crippen LogP contribution in [0.25, 0.3) is 0 Å². The van der Waals surface area contributed by atoms with Crippen molar-refractivity contribution in [3.63, 3.8) is 0 Å². The topological polar surface area (TPSA) is 24.9 Å². The van der Waals surface area contributed by atoms with Crippen molar-refractivity contribution in [2.24, 2.45) is 5.92 Å². The minimum absolute atomic E-state index is 0.549. The first-order valence-electron chi connectivity index (χ1n) is 5.67. The average molecular weight is 226 g/mol. The van der Waals surface area contributed by atoms with Crippen LogP contribution in [0.5, 0.6) is 0 Å². The minimum Gasteiger partial charge on any atom is -0.312 e. The molecule has 0 unspecified atom stereocenters. The van der Waals surface area contributed by atoms with Gasteiger partial charge in [0.1, 0.15) is 0 Å². The van der Waals surface area contributed by atoms with E-state index in [-0.39, 0.29) is 0 Å². The Labute approximate surface area is 97.1 Å². The first-order chi connectivity index (χ1) is 7.00. The number of thiazole rings is 1. The number of nitrogens with zero attached hydrogens (tertiary/aromatic N) is 1. The van der Waals surface area contributed by atoms with Crippen LogP contribution in [0.15, 0.2) is 0 Å². The van der Waals surface area contributed by atoms with Gasteiger partial charge in [-0.2, -0.15) is 0 Å². The van der Waals surface area contributed by atoms with Crippen molar-refractivity contribution < 1.29 is 0 Å². The Morgan fingerprint density at radius 2 is 1.93 bits per heavy atom. The number of aromatic nitrogens is 1. The molecule has 0 saturated carbocycles. The van der Waals surface area contributed by atoms with Crippen LogP contribution in [0.2, 0.25) is 0 Å². The van der Waals surface area contributed by atoms with E-state index in [9.17, 15) is 0 Å². The Kier molecular flexibility index (Phi) is 4.74. The van der Waals surface area contributed by atoms with E-state index in [1.54, 1.807) is 0 Å². The molecule has 1 N–H and O–H groups in total. The van der Waals surface area contributed by atoms with Gasteiger partial charge in [0, 0.05) is 17.3 Å². The van der Waals surface area contributed by atoms with Gasteiger partial charge in [-0.15, -0.1) is 11.3 Å². The highest BCUT2D eigenvalue weighted by molar-refractivity contribution is 7.11. The van der Waals surface area contributed by atoms with Crippen molar-refractivity contribution in [1.29, 1.82) is 0 Å². The fraction of sp³-hybridized carbons (Fsp3) is 0.750. The average Bonchev–Trinajstić information content (AvgIpc) is 2.47. The molecule has 0 aromatic carbocycles.